The minimum atomic E-state index is -0.956. The number of hydrogen-bond acceptors (Lipinski definition) is 6. The van der Waals surface area contributed by atoms with Gasteiger partial charge in [-0.05, 0) is 30.0 Å². The molecule has 6 heteroatoms. The van der Waals surface area contributed by atoms with Crippen LogP contribution >= 0.6 is 0 Å². The number of esters is 2. The van der Waals surface area contributed by atoms with E-state index in [0.717, 1.165) is 5.56 Å². The summed E-state index contributed by atoms with van der Waals surface area (Å²) < 4.78 is 4.72. The van der Waals surface area contributed by atoms with E-state index < -0.39 is 24.0 Å². The van der Waals surface area contributed by atoms with Crippen LogP contribution in [0.4, 0.5) is 0 Å². The minimum Gasteiger partial charge on any atom is -0.508 e. The van der Waals surface area contributed by atoms with Crippen LogP contribution in [0.3, 0.4) is 0 Å². The lowest BCUT2D eigenvalue weighted by molar-refractivity contribution is -0.162. The molecule has 6 nitrogen and oxygen atoms in total. The number of aromatic hydroxyl groups is 1. The largest absolute Gasteiger partial charge is 0.508 e. The Hall–Kier alpha value is -1.92. The van der Waals surface area contributed by atoms with Crippen molar-refractivity contribution in [1.82, 2.24) is 0 Å². The van der Waals surface area contributed by atoms with Crippen LogP contribution in [0, 0.1) is 5.92 Å². The number of phenols is 1. The summed E-state index contributed by atoms with van der Waals surface area (Å²) >= 11 is 0. The van der Waals surface area contributed by atoms with Gasteiger partial charge in [0.1, 0.15) is 17.8 Å². The highest BCUT2D eigenvalue weighted by Gasteiger charge is 2.26. The van der Waals surface area contributed by atoms with E-state index in [0.29, 0.717) is 6.42 Å². The number of hydrogen-bond donors (Lipinski definition) is 3. The van der Waals surface area contributed by atoms with E-state index in [1.165, 1.54) is 12.1 Å². The van der Waals surface area contributed by atoms with E-state index in [1.54, 1.807) is 12.1 Å². The average molecular weight is 294 g/mol. The normalized spacial score (nSPS) is 15.0. The zero-order valence-electron chi connectivity index (χ0n) is 12.3. The van der Waals surface area contributed by atoms with Gasteiger partial charge in [0, 0.05) is 0 Å². The van der Waals surface area contributed by atoms with Gasteiger partial charge in [0.2, 0.25) is 0 Å². The zero-order chi connectivity index (χ0) is 16.0. The molecule has 1 rings (SSSR count). The third kappa shape index (κ3) is 5.17. The molecule has 0 radical (unpaired) electrons. The molecule has 0 amide bonds. The van der Waals surface area contributed by atoms with Gasteiger partial charge in [0.05, 0.1) is 0 Å². The van der Waals surface area contributed by atoms with E-state index in [2.05, 4.69) is 0 Å². The molecule has 3 atom stereocenters. The monoisotopic (exact) mass is 294 g/mol. The molecule has 0 heterocycles. The molecule has 0 aliphatic heterocycles. The van der Waals surface area contributed by atoms with Gasteiger partial charge >= 0.3 is 11.9 Å². The topological polar surface area (TPSA) is 116 Å². The van der Waals surface area contributed by atoms with Gasteiger partial charge in [-0.1, -0.05) is 32.4 Å². The van der Waals surface area contributed by atoms with Crippen LogP contribution in [0.15, 0.2) is 24.3 Å². The number of benzene rings is 1. The minimum absolute atomic E-state index is 0.0707. The molecule has 0 aliphatic carbocycles. The Balaban J connectivity index is 2.54. The Kier molecular flexibility index (Phi) is 6.33. The molecule has 116 valence electrons. The predicted octanol–water partition coefficient (Wildman–Crippen LogP) is 0.705. The van der Waals surface area contributed by atoms with Crippen molar-refractivity contribution in [1.29, 1.82) is 0 Å². The van der Waals surface area contributed by atoms with Crippen LogP contribution in [-0.4, -0.2) is 29.1 Å². The summed E-state index contributed by atoms with van der Waals surface area (Å²) in [5.41, 5.74) is 12.2. The first-order valence-corrected chi connectivity index (χ1v) is 6.89. The van der Waals surface area contributed by atoms with Crippen molar-refractivity contribution >= 4 is 11.9 Å². The van der Waals surface area contributed by atoms with Crippen LogP contribution in [0.1, 0.15) is 25.8 Å². The van der Waals surface area contributed by atoms with Crippen LogP contribution in [0.5, 0.6) is 5.75 Å². The molecule has 0 aliphatic rings. The molecular formula is C15H22N2O4. The number of phenolic OH excluding ortho intramolecular Hbond substituents is 1. The molecule has 0 unspecified atom stereocenters. The maximum Gasteiger partial charge on any atom is 0.330 e. The Morgan fingerprint density at radius 2 is 1.76 bits per heavy atom. The lowest BCUT2D eigenvalue weighted by atomic mass is 10.0. The van der Waals surface area contributed by atoms with Crippen LogP contribution in [0.25, 0.3) is 0 Å². The second kappa shape index (κ2) is 7.75. The van der Waals surface area contributed by atoms with Crippen molar-refractivity contribution in [2.45, 2.75) is 38.8 Å². The molecule has 0 bridgehead atoms. The highest BCUT2D eigenvalue weighted by atomic mass is 16.6. The van der Waals surface area contributed by atoms with Gasteiger partial charge in [-0.2, -0.15) is 0 Å². The van der Waals surface area contributed by atoms with Crippen LogP contribution in [-0.2, 0) is 20.7 Å². The van der Waals surface area contributed by atoms with Crippen molar-refractivity contribution in [3.8, 4) is 5.75 Å². The Morgan fingerprint density at radius 1 is 1.19 bits per heavy atom. The van der Waals surface area contributed by atoms with Gasteiger partial charge in [0.25, 0.3) is 0 Å². The first-order valence-electron chi connectivity index (χ1n) is 6.89. The van der Waals surface area contributed by atoms with E-state index in [9.17, 15) is 14.7 Å². The van der Waals surface area contributed by atoms with E-state index >= 15 is 0 Å². The highest BCUT2D eigenvalue weighted by molar-refractivity contribution is 5.90. The lowest BCUT2D eigenvalue weighted by Gasteiger charge is -2.17. The lowest BCUT2D eigenvalue weighted by Crippen LogP contribution is -2.43. The smallest absolute Gasteiger partial charge is 0.330 e. The molecule has 0 fully saturated rings. The maximum absolute atomic E-state index is 11.8. The molecule has 0 saturated heterocycles. The number of carbonyl (C=O) groups is 2. The van der Waals surface area contributed by atoms with E-state index in [1.807, 2.05) is 13.8 Å². The van der Waals surface area contributed by atoms with Gasteiger partial charge < -0.3 is 21.3 Å². The van der Waals surface area contributed by atoms with Gasteiger partial charge in [-0.3, -0.25) is 0 Å². The summed E-state index contributed by atoms with van der Waals surface area (Å²) in [6.07, 6.45) is 0.926. The van der Waals surface area contributed by atoms with E-state index in [4.69, 9.17) is 16.2 Å². The zero-order valence-corrected chi connectivity index (χ0v) is 12.3. The van der Waals surface area contributed by atoms with Crippen molar-refractivity contribution < 1.29 is 19.4 Å². The van der Waals surface area contributed by atoms with E-state index in [-0.39, 0.29) is 18.1 Å². The number of nitrogens with two attached hydrogens (primary N) is 2. The highest BCUT2D eigenvalue weighted by Crippen LogP contribution is 2.12. The number of ether oxygens (including phenoxy) is 1. The standard InChI is InChI=1S/C15H22N2O4/c1-3-9(2)13(17)15(20)21-14(19)12(16)8-10-4-6-11(18)7-5-10/h4-7,9,12-13,18H,3,8,16-17H2,1-2H3/t9-,12-,13-/m0/s1. The fourth-order valence-electron chi connectivity index (χ4n) is 1.70. The summed E-state index contributed by atoms with van der Waals surface area (Å²) in [5, 5.41) is 9.17. The maximum atomic E-state index is 11.8. The van der Waals surface area contributed by atoms with Crippen molar-refractivity contribution in [3.05, 3.63) is 29.8 Å². The van der Waals surface area contributed by atoms with Crippen molar-refractivity contribution in [2.24, 2.45) is 17.4 Å². The molecule has 0 spiro atoms. The summed E-state index contributed by atoms with van der Waals surface area (Å²) in [6.45, 7) is 3.71. The van der Waals surface area contributed by atoms with Crippen LogP contribution in [0.2, 0.25) is 0 Å². The molecule has 0 saturated carbocycles. The van der Waals surface area contributed by atoms with Crippen molar-refractivity contribution in [2.75, 3.05) is 0 Å². The summed E-state index contributed by atoms with van der Waals surface area (Å²) in [7, 11) is 0. The van der Waals surface area contributed by atoms with Gasteiger partial charge in [0.15, 0.2) is 0 Å². The number of carbonyl (C=O) groups excluding carboxylic acids is 2. The fraction of sp³-hybridized carbons (Fsp3) is 0.467. The fourth-order valence-corrected chi connectivity index (χ4v) is 1.70. The summed E-state index contributed by atoms with van der Waals surface area (Å²) in [5.74, 6) is -1.49. The second-order valence-electron chi connectivity index (χ2n) is 5.13. The van der Waals surface area contributed by atoms with Crippen LogP contribution < -0.4 is 11.5 Å². The summed E-state index contributed by atoms with van der Waals surface area (Å²) in [6, 6.07) is 4.50. The van der Waals surface area contributed by atoms with Crippen molar-refractivity contribution in [3.63, 3.8) is 0 Å². The molecule has 1 aromatic carbocycles. The van der Waals surface area contributed by atoms with Gasteiger partial charge in [-0.15, -0.1) is 0 Å². The first-order chi connectivity index (χ1) is 9.85. The molecule has 21 heavy (non-hydrogen) atoms. The Labute approximate surface area is 124 Å². The molecule has 5 N–H and O–H groups in total. The molecular weight excluding hydrogens is 272 g/mol. The first kappa shape index (κ1) is 17.1. The second-order valence-corrected chi connectivity index (χ2v) is 5.13. The van der Waals surface area contributed by atoms with Gasteiger partial charge in [-0.25, -0.2) is 9.59 Å². The number of rotatable bonds is 6. The summed E-state index contributed by atoms with van der Waals surface area (Å²) in [4.78, 5) is 23.5. The predicted molar refractivity (Wildman–Crippen MR) is 78.3 cm³/mol. The molecule has 0 aromatic heterocycles. The quantitative estimate of drug-likeness (QED) is 0.525. The third-order valence-electron chi connectivity index (χ3n) is 3.43. The Morgan fingerprint density at radius 3 is 2.29 bits per heavy atom. The Bertz CT molecular complexity index is 487. The third-order valence-corrected chi connectivity index (χ3v) is 3.43. The molecule has 1 aromatic rings. The average Bonchev–Trinajstić information content (AvgIpc) is 2.47. The SMILES string of the molecule is CC[C@H](C)[C@H](N)C(=O)OC(=O)[C@@H](N)Cc1ccc(O)cc1.